The maximum absolute atomic E-state index is 11.8. The third-order valence-electron chi connectivity index (χ3n) is 2.27. The fourth-order valence-electron chi connectivity index (χ4n) is 1.46. The summed E-state index contributed by atoms with van der Waals surface area (Å²) in [5.74, 6) is -0.0613. The van der Waals surface area contributed by atoms with E-state index in [9.17, 15) is 9.90 Å². The van der Waals surface area contributed by atoms with Crippen LogP contribution in [0.2, 0.25) is 0 Å². The second-order valence-electron chi connectivity index (χ2n) is 3.37. The summed E-state index contributed by atoms with van der Waals surface area (Å²) in [5, 5.41) is 12.4. The summed E-state index contributed by atoms with van der Waals surface area (Å²) in [5.41, 5.74) is 0.391. The van der Waals surface area contributed by atoms with Crippen molar-refractivity contribution in [2.45, 2.75) is 0 Å². The Labute approximate surface area is 106 Å². The van der Waals surface area contributed by atoms with Crippen molar-refractivity contribution in [2.75, 3.05) is 12.4 Å². The number of aromatic amines is 1. The van der Waals surface area contributed by atoms with Crippen molar-refractivity contribution in [1.82, 2.24) is 9.97 Å². The molecule has 0 spiro atoms. The highest BCUT2D eigenvalue weighted by Crippen LogP contribution is 2.25. The normalized spacial score (nSPS) is 10.2. The molecule has 17 heavy (non-hydrogen) atoms. The Morgan fingerprint density at radius 3 is 2.53 bits per heavy atom. The van der Waals surface area contributed by atoms with Gasteiger partial charge in [0.05, 0.1) is 0 Å². The number of hydrogen-bond donors (Lipinski definition) is 3. The van der Waals surface area contributed by atoms with Gasteiger partial charge in [-0.05, 0) is 17.7 Å². The first-order chi connectivity index (χ1) is 8.11. The molecular formula is C11H10BrN3O2. The molecule has 1 aromatic carbocycles. The molecule has 0 unspecified atom stereocenters. The summed E-state index contributed by atoms with van der Waals surface area (Å²) in [7, 11) is 1.61. The lowest BCUT2D eigenvalue weighted by atomic mass is 10.1. The molecule has 0 aliphatic carbocycles. The fraction of sp³-hybridized carbons (Fsp3) is 0.0909. The van der Waals surface area contributed by atoms with E-state index in [-0.39, 0.29) is 23.0 Å². The number of aromatic hydroxyl groups is 1. The molecule has 6 heteroatoms. The first kappa shape index (κ1) is 11.7. The third kappa shape index (κ3) is 2.31. The van der Waals surface area contributed by atoms with Crippen LogP contribution in [0, 0.1) is 0 Å². The van der Waals surface area contributed by atoms with Crippen molar-refractivity contribution in [3.8, 4) is 17.0 Å². The Morgan fingerprint density at radius 2 is 2.00 bits per heavy atom. The van der Waals surface area contributed by atoms with Gasteiger partial charge in [0.25, 0.3) is 5.56 Å². The van der Waals surface area contributed by atoms with E-state index in [0.717, 1.165) is 4.47 Å². The van der Waals surface area contributed by atoms with Crippen LogP contribution in [-0.2, 0) is 0 Å². The molecule has 1 aromatic heterocycles. The van der Waals surface area contributed by atoms with Gasteiger partial charge in [0.1, 0.15) is 5.56 Å². The molecule has 2 rings (SSSR count). The van der Waals surface area contributed by atoms with Gasteiger partial charge in [-0.1, -0.05) is 28.1 Å². The quantitative estimate of drug-likeness (QED) is 0.791. The van der Waals surface area contributed by atoms with E-state index < -0.39 is 0 Å². The van der Waals surface area contributed by atoms with Crippen molar-refractivity contribution >= 4 is 21.9 Å². The Balaban J connectivity index is 2.60. The number of benzene rings is 1. The van der Waals surface area contributed by atoms with Crippen LogP contribution in [0.15, 0.2) is 33.5 Å². The molecule has 0 fully saturated rings. The highest BCUT2D eigenvalue weighted by molar-refractivity contribution is 9.10. The number of hydrogen-bond acceptors (Lipinski definition) is 4. The maximum atomic E-state index is 11.8. The zero-order chi connectivity index (χ0) is 12.4. The SMILES string of the molecule is CNc1nc(O)c(-c2ccc(Br)cc2)c(=O)[nH]1. The minimum atomic E-state index is -0.385. The van der Waals surface area contributed by atoms with E-state index in [1.165, 1.54) is 0 Å². The smallest absolute Gasteiger partial charge is 0.264 e. The summed E-state index contributed by atoms with van der Waals surface area (Å²) >= 11 is 3.30. The first-order valence-corrected chi connectivity index (χ1v) is 5.68. The Hall–Kier alpha value is -1.82. The monoisotopic (exact) mass is 295 g/mol. The number of halogens is 1. The molecule has 0 saturated carbocycles. The van der Waals surface area contributed by atoms with Gasteiger partial charge in [-0.2, -0.15) is 4.98 Å². The number of nitrogens with zero attached hydrogens (tertiary/aromatic N) is 1. The number of anilines is 1. The van der Waals surface area contributed by atoms with E-state index >= 15 is 0 Å². The largest absolute Gasteiger partial charge is 0.493 e. The molecule has 0 saturated heterocycles. The highest BCUT2D eigenvalue weighted by Gasteiger charge is 2.12. The van der Waals surface area contributed by atoms with Gasteiger partial charge >= 0.3 is 0 Å². The van der Waals surface area contributed by atoms with E-state index in [1.807, 2.05) is 0 Å². The highest BCUT2D eigenvalue weighted by atomic mass is 79.9. The number of nitrogens with one attached hydrogen (secondary N) is 2. The van der Waals surface area contributed by atoms with Crippen LogP contribution >= 0.6 is 15.9 Å². The van der Waals surface area contributed by atoms with Crippen LogP contribution < -0.4 is 10.9 Å². The standard InChI is InChI=1S/C11H10BrN3O2/c1-13-11-14-9(16)8(10(17)15-11)6-2-4-7(12)5-3-6/h2-5H,1H3,(H3,13,14,15,16,17). The number of rotatable bonds is 2. The average Bonchev–Trinajstić information content (AvgIpc) is 2.30. The fourth-order valence-corrected chi connectivity index (χ4v) is 1.72. The van der Waals surface area contributed by atoms with Crippen molar-refractivity contribution in [2.24, 2.45) is 0 Å². The summed E-state index contributed by atoms with van der Waals surface area (Å²) < 4.78 is 0.900. The van der Waals surface area contributed by atoms with E-state index in [0.29, 0.717) is 5.56 Å². The van der Waals surface area contributed by atoms with Crippen molar-refractivity contribution in [1.29, 1.82) is 0 Å². The molecule has 88 valence electrons. The number of aromatic nitrogens is 2. The van der Waals surface area contributed by atoms with Crippen LogP contribution in [0.3, 0.4) is 0 Å². The van der Waals surface area contributed by atoms with Crippen LogP contribution in [0.1, 0.15) is 0 Å². The van der Waals surface area contributed by atoms with E-state index in [4.69, 9.17) is 0 Å². The minimum absolute atomic E-state index is 0.163. The zero-order valence-corrected chi connectivity index (χ0v) is 10.6. The molecular weight excluding hydrogens is 286 g/mol. The molecule has 0 atom stereocenters. The predicted octanol–water partition coefficient (Wildman–Crippen LogP) is 1.95. The topological polar surface area (TPSA) is 78.0 Å². The number of H-pyrrole nitrogens is 1. The van der Waals surface area contributed by atoms with E-state index in [2.05, 4.69) is 31.2 Å². The minimum Gasteiger partial charge on any atom is -0.493 e. The van der Waals surface area contributed by atoms with Crippen molar-refractivity contribution in [3.05, 3.63) is 39.1 Å². The Kier molecular flexibility index (Phi) is 3.14. The summed E-state index contributed by atoms with van der Waals surface area (Å²) in [4.78, 5) is 18.2. The molecule has 0 aliphatic rings. The van der Waals surface area contributed by atoms with Gasteiger partial charge in [-0.15, -0.1) is 0 Å². The zero-order valence-electron chi connectivity index (χ0n) is 8.99. The molecule has 3 N–H and O–H groups in total. The Bertz CT molecular complexity index is 593. The van der Waals surface area contributed by atoms with Gasteiger partial charge in [-0.3, -0.25) is 9.78 Å². The molecule has 1 heterocycles. The lowest BCUT2D eigenvalue weighted by Crippen LogP contribution is -2.13. The van der Waals surface area contributed by atoms with Gasteiger partial charge < -0.3 is 10.4 Å². The molecule has 0 radical (unpaired) electrons. The van der Waals surface area contributed by atoms with Crippen molar-refractivity contribution in [3.63, 3.8) is 0 Å². The van der Waals surface area contributed by atoms with Crippen LogP contribution in [0.5, 0.6) is 5.88 Å². The van der Waals surface area contributed by atoms with Gasteiger partial charge in [0, 0.05) is 11.5 Å². The van der Waals surface area contributed by atoms with E-state index in [1.54, 1.807) is 31.3 Å². The Morgan fingerprint density at radius 1 is 1.35 bits per heavy atom. The second kappa shape index (κ2) is 4.58. The predicted molar refractivity (Wildman–Crippen MR) is 69.2 cm³/mol. The first-order valence-electron chi connectivity index (χ1n) is 4.89. The van der Waals surface area contributed by atoms with Crippen LogP contribution in [-0.4, -0.2) is 22.1 Å². The molecule has 0 aliphatic heterocycles. The second-order valence-corrected chi connectivity index (χ2v) is 4.29. The maximum Gasteiger partial charge on any atom is 0.264 e. The molecule has 2 aromatic rings. The summed E-state index contributed by atoms with van der Waals surface area (Å²) in [6.45, 7) is 0. The van der Waals surface area contributed by atoms with Crippen LogP contribution in [0.25, 0.3) is 11.1 Å². The summed E-state index contributed by atoms with van der Waals surface area (Å²) in [6, 6.07) is 7.05. The molecule has 5 nitrogen and oxygen atoms in total. The van der Waals surface area contributed by atoms with Gasteiger partial charge in [-0.25, -0.2) is 0 Å². The average molecular weight is 296 g/mol. The lowest BCUT2D eigenvalue weighted by molar-refractivity contribution is 0.454. The third-order valence-corrected chi connectivity index (χ3v) is 2.80. The van der Waals surface area contributed by atoms with Gasteiger partial charge in [0.2, 0.25) is 11.8 Å². The molecule has 0 bridgehead atoms. The van der Waals surface area contributed by atoms with Crippen LogP contribution in [0.4, 0.5) is 5.95 Å². The lowest BCUT2D eigenvalue weighted by Gasteiger charge is -2.05. The summed E-state index contributed by atoms with van der Waals surface area (Å²) in [6.07, 6.45) is 0. The molecule has 0 amide bonds. The van der Waals surface area contributed by atoms with Gasteiger partial charge in [0.15, 0.2) is 0 Å². The van der Waals surface area contributed by atoms with Crippen molar-refractivity contribution < 1.29 is 5.11 Å².